The van der Waals surface area contributed by atoms with Crippen LogP contribution in [-0.4, -0.2) is 24.0 Å². The molecule has 0 aliphatic carbocycles. The SMILES string of the molecule is CCC1(CC)CC(Nc2ccc(C(C)=O)c(N)c2)CCO1. The lowest BCUT2D eigenvalue weighted by molar-refractivity contribution is -0.0864. The summed E-state index contributed by atoms with van der Waals surface area (Å²) in [6, 6.07) is 5.97. The van der Waals surface area contributed by atoms with Gasteiger partial charge in [0.25, 0.3) is 0 Å². The molecule has 4 heteroatoms. The van der Waals surface area contributed by atoms with Gasteiger partial charge in [-0.3, -0.25) is 4.79 Å². The van der Waals surface area contributed by atoms with E-state index >= 15 is 0 Å². The zero-order valence-corrected chi connectivity index (χ0v) is 13.2. The summed E-state index contributed by atoms with van der Waals surface area (Å²) < 4.78 is 6.00. The van der Waals surface area contributed by atoms with Crippen LogP contribution in [0, 0.1) is 0 Å². The Bertz CT molecular complexity index is 510. The largest absolute Gasteiger partial charge is 0.398 e. The number of ether oxygens (including phenoxy) is 1. The van der Waals surface area contributed by atoms with E-state index in [2.05, 4.69) is 19.2 Å². The molecule has 21 heavy (non-hydrogen) atoms. The summed E-state index contributed by atoms with van der Waals surface area (Å²) in [7, 11) is 0. The van der Waals surface area contributed by atoms with Crippen molar-refractivity contribution < 1.29 is 9.53 Å². The van der Waals surface area contributed by atoms with Crippen LogP contribution in [-0.2, 0) is 4.74 Å². The van der Waals surface area contributed by atoms with E-state index in [0.29, 0.717) is 17.3 Å². The number of ketones is 1. The first kappa shape index (κ1) is 15.8. The first-order valence-corrected chi connectivity index (χ1v) is 7.80. The molecule has 0 spiro atoms. The monoisotopic (exact) mass is 290 g/mol. The number of anilines is 2. The maximum Gasteiger partial charge on any atom is 0.161 e. The van der Waals surface area contributed by atoms with E-state index in [9.17, 15) is 4.79 Å². The molecular formula is C17H26N2O2. The van der Waals surface area contributed by atoms with Crippen LogP contribution in [0.15, 0.2) is 18.2 Å². The van der Waals surface area contributed by atoms with Crippen molar-refractivity contribution in [3.05, 3.63) is 23.8 Å². The molecule has 0 aromatic heterocycles. The van der Waals surface area contributed by atoms with Gasteiger partial charge in [0.05, 0.1) is 5.60 Å². The van der Waals surface area contributed by atoms with Crippen molar-refractivity contribution in [1.29, 1.82) is 0 Å². The lowest BCUT2D eigenvalue weighted by atomic mass is 9.86. The van der Waals surface area contributed by atoms with Crippen LogP contribution >= 0.6 is 0 Å². The average Bonchev–Trinajstić information content (AvgIpc) is 2.47. The number of nitrogens with two attached hydrogens (primary N) is 1. The van der Waals surface area contributed by atoms with E-state index < -0.39 is 0 Å². The molecule has 0 amide bonds. The van der Waals surface area contributed by atoms with E-state index in [1.165, 1.54) is 6.92 Å². The molecule has 0 bridgehead atoms. The Hall–Kier alpha value is -1.55. The highest BCUT2D eigenvalue weighted by molar-refractivity contribution is 5.99. The molecule has 3 N–H and O–H groups in total. The first-order chi connectivity index (χ1) is 9.99. The number of nitrogen functional groups attached to an aromatic ring is 1. The number of benzene rings is 1. The Kier molecular flexibility index (Phi) is 4.88. The van der Waals surface area contributed by atoms with E-state index in [0.717, 1.165) is 38.0 Å². The summed E-state index contributed by atoms with van der Waals surface area (Å²) in [5, 5.41) is 3.54. The number of hydrogen-bond donors (Lipinski definition) is 2. The summed E-state index contributed by atoms with van der Waals surface area (Å²) in [6.07, 6.45) is 4.07. The molecule has 1 fully saturated rings. The van der Waals surface area contributed by atoms with E-state index in [1.807, 2.05) is 12.1 Å². The molecular weight excluding hydrogens is 264 g/mol. The molecule has 1 saturated heterocycles. The number of carbonyl (C=O) groups is 1. The van der Waals surface area contributed by atoms with Gasteiger partial charge in [0.15, 0.2) is 5.78 Å². The second-order valence-electron chi connectivity index (χ2n) is 5.93. The molecule has 0 radical (unpaired) electrons. The second-order valence-corrected chi connectivity index (χ2v) is 5.93. The molecule has 1 aromatic carbocycles. The van der Waals surface area contributed by atoms with Crippen LogP contribution in [0.4, 0.5) is 11.4 Å². The predicted octanol–water partition coefficient (Wildman–Crippen LogP) is 3.62. The fourth-order valence-electron chi connectivity index (χ4n) is 3.10. The number of hydrogen-bond acceptors (Lipinski definition) is 4. The zero-order chi connectivity index (χ0) is 15.5. The van der Waals surface area contributed by atoms with Gasteiger partial charge < -0.3 is 15.8 Å². The summed E-state index contributed by atoms with van der Waals surface area (Å²) in [6.45, 7) is 6.70. The van der Waals surface area contributed by atoms with Crippen LogP contribution in [0.1, 0.15) is 56.8 Å². The van der Waals surface area contributed by atoms with Gasteiger partial charge in [0.2, 0.25) is 0 Å². The Labute approximate surface area is 127 Å². The van der Waals surface area contributed by atoms with Gasteiger partial charge in [0, 0.05) is 29.6 Å². The zero-order valence-electron chi connectivity index (χ0n) is 13.2. The Morgan fingerprint density at radius 1 is 1.43 bits per heavy atom. The van der Waals surface area contributed by atoms with Crippen molar-refractivity contribution in [1.82, 2.24) is 0 Å². The molecule has 1 heterocycles. The number of nitrogens with one attached hydrogen (secondary N) is 1. The molecule has 4 nitrogen and oxygen atoms in total. The molecule has 1 atom stereocenters. The molecule has 1 aliphatic heterocycles. The minimum atomic E-state index is 0.000780. The minimum absolute atomic E-state index is 0.000780. The molecule has 2 rings (SSSR count). The highest BCUT2D eigenvalue weighted by atomic mass is 16.5. The number of Topliss-reactive ketones (excluding diaryl/α,β-unsaturated/α-hetero) is 1. The van der Waals surface area contributed by atoms with Crippen LogP contribution < -0.4 is 11.1 Å². The predicted molar refractivity (Wildman–Crippen MR) is 86.8 cm³/mol. The lowest BCUT2D eigenvalue weighted by Crippen LogP contribution is -2.43. The van der Waals surface area contributed by atoms with Gasteiger partial charge in [-0.2, -0.15) is 0 Å². The van der Waals surface area contributed by atoms with Gasteiger partial charge in [-0.25, -0.2) is 0 Å². The summed E-state index contributed by atoms with van der Waals surface area (Å²) in [4.78, 5) is 11.4. The van der Waals surface area contributed by atoms with E-state index in [4.69, 9.17) is 10.5 Å². The van der Waals surface area contributed by atoms with Crippen molar-refractivity contribution in [3.63, 3.8) is 0 Å². The van der Waals surface area contributed by atoms with Crippen molar-refractivity contribution in [2.75, 3.05) is 17.7 Å². The van der Waals surface area contributed by atoms with Crippen molar-refractivity contribution in [2.45, 2.75) is 58.1 Å². The van der Waals surface area contributed by atoms with Crippen LogP contribution in [0.2, 0.25) is 0 Å². The molecule has 116 valence electrons. The second kappa shape index (κ2) is 6.48. The normalized spacial score (nSPS) is 21.0. The fraction of sp³-hybridized carbons (Fsp3) is 0.588. The van der Waals surface area contributed by atoms with E-state index in [1.54, 1.807) is 6.07 Å². The van der Waals surface area contributed by atoms with Crippen LogP contribution in [0.25, 0.3) is 0 Å². The molecule has 1 aliphatic rings. The third-order valence-electron chi connectivity index (χ3n) is 4.58. The summed E-state index contributed by atoms with van der Waals surface area (Å²) in [5.41, 5.74) is 8.05. The highest BCUT2D eigenvalue weighted by Gasteiger charge is 2.34. The van der Waals surface area contributed by atoms with E-state index in [-0.39, 0.29) is 11.4 Å². The average molecular weight is 290 g/mol. The van der Waals surface area contributed by atoms with Gasteiger partial charge >= 0.3 is 0 Å². The van der Waals surface area contributed by atoms with Gasteiger partial charge in [-0.1, -0.05) is 13.8 Å². The Balaban J connectivity index is 2.08. The van der Waals surface area contributed by atoms with Crippen molar-refractivity contribution in [3.8, 4) is 0 Å². The minimum Gasteiger partial charge on any atom is -0.398 e. The molecule has 1 aromatic rings. The Morgan fingerprint density at radius 2 is 2.14 bits per heavy atom. The maximum absolute atomic E-state index is 11.4. The maximum atomic E-state index is 11.4. The highest BCUT2D eigenvalue weighted by Crippen LogP contribution is 2.33. The number of rotatable bonds is 5. The fourth-order valence-corrected chi connectivity index (χ4v) is 3.10. The van der Waals surface area contributed by atoms with Crippen molar-refractivity contribution in [2.24, 2.45) is 0 Å². The first-order valence-electron chi connectivity index (χ1n) is 7.80. The summed E-state index contributed by atoms with van der Waals surface area (Å²) >= 11 is 0. The molecule has 0 saturated carbocycles. The number of carbonyl (C=O) groups excluding carboxylic acids is 1. The van der Waals surface area contributed by atoms with Crippen molar-refractivity contribution >= 4 is 17.2 Å². The standard InChI is InChI=1S/C17H26N2O2/c1-4-17(5-2)11-14(8-9-21-17)19-13-6-7-15(12(3)20)16(18)10-13/h6-7,10,14,19H,4-5,8-9,11,18H2,1-3H3. The smallest absolute Gasteiger partial charge is 0.161 e. The molecule has 1 unspecified atom stereocenters. The topological polar surface area (TPSA) is 64.4 Å². The van der Waals surface area contributed by atoms with Gasteiger partial charge in [-0.05, 0) is 50.8 Å². The van der Waals surface area contributed by atoms with Gasteiger partial charge in [0.1, 0.15) is 0 Å². The lowest BCUT2D eigenvalue weighted by Gasteiger charge is -2.40. The quantitative estimate of drug-likeness (QED) is 0.642. The third kappa shape index (κ3) is 3.56. The third-order valence-corrected chi connectivity index (χ3v) is 4.58. The van der Waals surface area contributed by atoms with Crippen LogP contribution in [0.5, 0.6) is 0 Å². The van der Waals surface area contributed by atoms with Crippen LogP contribution in [0.3, 0.4) is 0 Å². The summed E-state index contributed by atoms with van der Waals surface area (Å²) in [5.74, 6) is 0.00102. The van der Waals surface area contributed by atoms with Gasteiger partial charge in [-0.15, -0.1) is 0 Å². The Morgan fingerprint density at radius 3 is 2.71 bits per heavy atom.